The molecule has 5 aromatic carbocycles. The quantitative estimate of drug-likeness (QED) is 0.124. The van der Waals surface area contributed by atoms with Gasteiger partial charge in [-0.15, -0.1) is 13.2 Å². The molecule has 58 heavy (non-hydrogen) atoms. The molecule has 0 unspecified atom stereocenters. The van der Waals surface area contributed by atoms with Gasteiger partial charge in [-0.1, -0.05) is 36.4 Å². The lowest BCUT2D eigenvalue weighted by atomic mass is 9.88. The summed E-state index contributed by atoms with van der Waals surface area (Å²) in [5.41, 5.74) is 9.58. The lowest BCUT2D eigenvalue weighted by molar-refractivity contribution is -0.274. The smallest absolute Gasteiger partial charge is 0.406 e. The first-order chi connectivity index (χ1) is 27.7. The second-order valence-corrected chi connectivity index (χ2v) is 16.7. The van der Waals surface area contributed by atoms with Gasteiger partial charge in [0.05, 0.1) is 35.2 Å². The highest BCUT2D eigenvalue weighted by Gasteiger charge is 2.38. The van der Waals surface area contributed by atoms with Crippen LogP contribution in [0.2, 0.25) is 0 Å². The van der Waals surface area contributed by atoms with Crippen molar-refractivity contribution in [3.05, 3.63) is 121 Å². The maximum Gasteiger partial charge on any atom is 0.573 e. The number of ether oxygens (including phenoxy) is 1. The predicted molar refractivity (Wildman–Crippen MR) is 212 cm³/mol. The molecule has 2 saturated carbocycles. The number of nitrogens with one attached hydrogen (secondary N) is 1. The van der Waals surface area contributed by atoms with Gasteiger partial charge in [0, 0.05) is 49.7 Å². The van der Waals surface area contributed by atoms with Gasteiger partial charge in [0.15, 0.2) is 0 Å². The van der Waals surface area contributed by atoms with Gasteiger partial charge in [-0.2, -0.15) is 0 Å². The Hall–Kier alpha value is -5.06. The summed E-state index contributed by atoms with van der Waals surface area (Å²) in [5.74, 6) is -1.16. The third kappa shape index (κ3) is 7.64. The number of aliphatic hydroxyl groups is 2. The van der Waals surface area contributed by atoms with Crippen molar-refractivity contribution < 1.29 is 45.3 Å². The zero-order chi connectivity index (χ0) is 40.9. The SMILES string of the molecule is N[C@H]1CCC[C@@H](n2c3ccccc3c3cc(F)ccc32)[C@@H]1O.O=S(=O)(N[C@H]1CCC[C@@H](n2c3ccccc3c3cc(F)ccc32)[C@@H]1O)c1ccc(OC(F)(F)F)cc1. The topological polar surface area (TPSA) is 132 Å². The van der Waals surface area contributed by atoms with Crippen LogP contribution in [0.3, 0.4) is 0 Å². The molecule has 0 saturated heterocycles. The molecule has 5 N–H and O–H groups in total. The van der Waals surface area contributed by atoms with Crippen LogP contribution in [-0.4, -0.2) is 58.4 Å². The number of benzene rings is 5. The highest BCUT2D eigenvalue weighted by molar-refractivity contribution is 7.89. The number of hydrogen-bond donors (Lipinski definition) is 4. The molecule has 0 bridgehead atoms. The Bertz CT molecular complexity index is 2720. The summed E-state index contributed by atoms with van der Waals surface area (Å²) in [5, 5.41) is 25.3. The Kier molecular flexibility index (Phi) is 10.7. The van der Waals surface area contributed by atoms with Gasteiger partial charge in [-0.05, 0) is 111 Å². The van der Waals surface area contributed by atoms with Crippen molar-refractivity contribution in [1.82, 2.24) is 13.9 Å². The van der Waals surface area contributed by atoms with Crippen LogP contribution in [0.4, 0.5) is 22.0 Å². The number of fused-ring (bicyclic) bond motifs is 6. The van der Waals surface area contributed by atoms with E-state index in [1.165, 1.54) is 18.2 Å². The summed E-state index contributed by atoms with van der Waals surface area (Å²) in [4.78, 5) is -0.251. The summed E-state index contributed by atoms with van der Waals surface area (Å²) in [6, 6.07) is 27.0. The van der Waals surface area contributed by atoms with Gasteiger partial charge in [0.2, 0.25) is 10.0 Å². The van der Waals surface area contributed by atoms with E-state index < -0.39 is 46.4 Å². The largest absolute Gasteiger partial charge is 0.573 e. The average Bonchev–Trinajstić information content (AvgIpc) is 3.68. The van der Waals surface area contributed by atoms with Crippen LogP contribution in [-0.2, 0) is 10.0 Å². The molecule has 7 aromatic rings. The van der Waals surface area contributed by atoms with E-state index in [1.807, 2.05) is 53.1 Å². The van der Waals surface area contributed by atoms with Crippen molar-refractivity contribution in [2.24, 2.45) is 5.73 Å². The standard InChI is InChI=1S/C25H22F4N2O4S.C18H19FN2O/c26-15-8-13-22-19(14-15)18-4-1-2-6-21(18)31(22)23-7-3-5-20(24(23)32)30-36(33,34)17-11-9-16(10-12-17)35-25(27,28)29;19-11-8-9-16-13(10-11)12-4-1-2-6-15(12)21(16)17-7-3-5-14(20)18(17)22/h1-2,4,6,8-14,20,23-24,30,32H,3,5,7H2;1-2,4,6,8-10,14,17-18,22H,3,5,7,20H2/t20-,23+,24+;14-,17+,18+/m00/s1. The molecule has 2 aliphatic carbocycles. The van der Waals surface area contributed by atoms with Crippen LogP contribution in [0.25, 0.3) is 43.6 Å². The number of para-hydroxylation sites is 2. The molecule has 0 amide bonds. The molecule has 2 heterocycles. The van der Waals surface area contributed by atoms with Crippen molar-refractivity contribution in [2.45, 2.75) is 86.2 Å². The Labute approximate surface area is 330 Å². The van der Waals surface area contributed by atoms with Crippen molar-refractivity contribution in [1.29, 1.82) is 0 Å². The Balaban J connectivity index is 0.000000181. The van der Waals surface area contributed by atoms with Gasteiger partial charge >= 0.3 is 6.36 Å². The summed E-state index contributed by atoms with van der Waals surface area (Å²) in [7, 11) is -4.14. The van der Waals surface area contributed by atoms with Crippen LogP contribution in [0.5, 0.6) is 5.75 Å². The van der Waals surface area contributed by atoms with E-state index >= 15 is 0 Å². The van der Waals surface area contributed by atoms with Crippen molar-refractivity contribution in [3.8, 4) is 5.75 Å². The number of nitrogens with zero attached hydrogens (tertiary/aromatic N) is 2. The summed E-state index contributed by atoms with van der Waals surface area (Å²) in [6.45, 7) is 0. The normalized spacial score (nSPS) is 23.0. The summed E-state index contributed by atoms with van der Waals surface area (Å²) < 4.78 is 101. The van der Waals surface area contributed by atoms with Crippen LogP contribution >= 0.6 is 0 Å². The highest BCUT2D eigenvalue weighted by Crippen LogP contribution is 2.40. The van der Waals surface area contributed by atoms with Gasteiger partial charge in [0.25, 0.3) is 0 Å². The van der Waals surface area contributed by atoms with Gasteiger partial charge < -0.3 is 29.8 Å². The molecule has 6 atom stereocenters. The van der Waals surface area contributed by atoms with E-state index in [1.54, 1.807) is 18.2 Å². The molecular weight excluding hydrogens is 780 g/mol. The number of alkyl halides is 3. The van der Waals surface area contributed by atoms with Crippen LogP contribution < -0.4 is 15.2 Å². The molecule has 304 valence electrons. The zero-order valence-corrected chi connectivity index (χ0v) is 31.8. The van der Waals surface area contributed by atoms with Crippen molar-refractivity contribution in [2.75, 3.05) is 0 Å². The third-order valence-electron chi connectivity index (χ3n) is 11.4. The van der Waals surface area contributed by atoms with E-state index in [-0.39, 0.29) is 28.6 Å². The average molecular weight is 821 g/mol. The van der Waals surface area contributed by atoms with E-state index in [2.05, 4.69) is 14.0 Å². The first-order valence-electron chi connectivity index (χ1n) is 19.1. The Morgan fingerprint density at radius 2 is 1.12 bits per heavy atom. The predicted octanol–water partition coefficient (Wildman–Crippen LogP) is 8.61. The van der Waals surface area contributed by atoms with Crippen molar-refractivity contribution >= 4 is 53.6 Å². The molecule has 2 fully saturated rings. The lowest BCUT2D eigenvalue weighted by Gasteiger charge is -2.36. The number of nitrogens with two attached hydrogens (primary N) is 1. The van der Waals surface area contributed by atoms with E-state index in [0.717, 1.165) is 81.8 Å². The minimum Gasteiger partial charge on any atom is -0.406 e. The zero-order valence-electron chi connectivity index (χ0n) is 31.0. The van der Waals surface area contributed by atoms with Crippen LogP contribution in [0.1, 0.15) is 50.6 Å². The monoisotopic (exact) mass is 820 g/mol. The number of rotatable bonds is 6. The third-order valence-corrected chi connectivity index (χ3v) is 12.9. The van der Waals surface area contributed by atoms with Gasteiger partial charge in [-0.3, -0.25) is 0 Å². The molecular formula is C43H41F5N4O5S. The Morgan fingerprint density at radius 1 is 0.638 bits per heavy atom. The van der Waals surface area contributed by atoms with E-state index in [9.17, 15) is 40.6 Å². The van der Waals surface area contributed by atoms with Crippen LogP contribution in [0.15, 0.2) is 114 Å². The molecule has 9 nitrogen and oxygen atoms in total. The van der Waals surface area contributed by atoms with Crippen LogP contribution in [0, 0.1) is 11.6 Å². The van der Waals surface area contributed by atoms with Crippen molar-refractivity contribution in [3.63, 3.8) is 0 Å². The second-order valence-electron chi connectivity index (χ2n) is 15.0. The minimum atomic E-state index is -4.89. The number of aliphatic hydroxyl groups excluding tert-OH is 2. The first-order valence-corrected chi connectivity index (χ1v) is 20.5. The molecule has 0 spiro atoms. The first kappa shape index (κ1) is 39.8. The summed E-state index contributed by atoms with van der Waals surface area (Å²) >= 11 is 0. The molecule has 0 aliphatic heterocycles. The van der Waals surface area contributed by atoms with Gasteiger partial charge in [0.1, 0.15) is 17.4 Å². The number of sulfonamides is 1. The lowest BCUT2D eigenvalue weighted by Crippen LogP contribution is -2.49. The number of halogens is 5. The van der Waals surface area contributed by atoms with E-state index in [4.69, 9.17) is 5.73 Å². The van der Waals surface area contributed by atoms with Gasteiger partial charge in [-0.25, -0.2) is 21.9 Å². The molecule has 0 radical (unpaired) electrons. The maximum atomic E-state index is 14.0. The number of hydrogen-bond acceptors (Lipinski definition) is 6. The fourth-order valence-corrected chi connectivity index (χ4v) is 10.1. The molecule has 15 heteroatoms. The fraction of sp³-hybridized carbons (Fsp3) is 0.302. The highest BCUT2D eigenvalue weighted by atomic mass is 32.2. The second kappa shape index (κ2) is 15.6. The minimum absolute atomic E-state index is 0.0587. The fourth-order valence-electron chi connectivity index (χ4n) is 8.79. The molecule has 2 aliphatic rings. The number of aromatic nitrogens is 2. The molecule has 2 aromatic heterocycles. The summed E-state index contributed by atoms with van der Waals surface area (Å²) in [6.07, 6.45) is -2.27. The maximum absolute atomic E-state index is 14.0. The Morgan fingerprint density at radius 3 is 1.66 bits per heavy atom. The molecule has 9 rings (SSSR count). The van der Waals surface area contributed by atoms with E-state index in [0.29, 0.717) is 24.6 Å².